The molecule has 0 aliphatic heterocycles. The quantitative estimate of drug-likeness (QED) is 0.0817. The maximum atomic E-state index is 10.1. The van der Waals surface area contributed by atoms with E-state index in [1.54, 1.807) is 6.08 Å². The molecule has 0 spiro atoms. The zero-order valence-electron chi connectivity index (χ0n) is 21.9. The maximum absolute atomic E-state index is 10.1. The molecule has 0 aromatic carbocycles. The normalized spacial score (nSPS) is 14.2. The molecule has 0 aromatic rings. The van der Waals surface area contributed by atoms with Crippen molar-refractivity contribution in [2.75, 3.05) is 33.0 Å². The van der Waals surface area contributed by atoms with Gasteiger partial charge in [-0.25, -0.2) is 4.79 Å². The monoisotopic (exact) mass is 487 g/mol. The molecule has 0 aromatic heterocycles. The summed E-state index contributed by atoms with van der Waals surface area (Å²) in [4.78, 5) is 10.1. The molecule has 0 amide bonds. The van der Waals surface area contributed by atoms with Crippen LogP contribution in [0.5, 0.6) is 0 Å². The predicted octanol–water partition coefficient (Wildman–Crippen LogP) is 5.96. The van der Waals surface area contributed by atoms with Crippen LogP contribution in [-0.2, 0) is 14.2 Å². The Labute approximate surface area is 213 Å². The van der Waals surface area contributed by atoms with E-state index in [1.807, 2.05) is 6.08 Å². The van der Waals surface area contributed by atoms with E-state index in [-0.39, 0.29) is 12.5 Å². The van der Waals surface area contributed by atoms with Crippen molar-refractivity contribution in [3.63, 3.8) is 0 Å². The third-order valence-electron chi connectivity index (χ3n) is 5.11. The van der Waals surface area contributed by atoms with Crippen LogP contribution in [0.1, 0.15) is 65.7 Å². The lowest BCUT2D eigenvalue weighted by atomic mass is 10.0. The van der Waals surface area contributed by atoms with Crippen LogP contribution < -0.4 is 5.32 Å². The Morgan fingerprint density at radius 2 is 1.94 bits per heavy atom. The van der Waals surface area contributed by atoms with E-state index < -0.39 is 6.16 Å². The van der Waals surface area contributed by atoms with Gasteiger partial charge >= 0.3 is 6.16 Å². The number of allylic oxidation sites excluding steroid dienone is 3. The Morgan fingerprint density at radius 3 is 2.51 bits per heavy atom. The Bertz CT molecular complexity index is 722. The molecule has 6 heteroatoms. The highest BCUT2D eigenvalue weighted by Gasteiger charge is 2.20. The fraction of sp³-hybridized carbons (Fsp3) is 0.621. The molecule has 1 rings (SSSR count). The molecule has 1 aliphatic carbocycles. The molecule has 2 N–H and O–H groups in total. The van der Waals surface area contributed by atoms with Gasteiger partial charge in [0.25, 0.3) is 0 Å². The summed E-state index contributed by atoms with van der Waals surface area (Å²) >= 11 is 0. The van der Waals surface area contributed by atoms with Crippen molar-refractivity contribution < 1.29 is 24.1 Å². The summed E-state index contributed by atoms with van der Waals surface area (Å²) in [6, 6.07) is 0.530. The minimum atomic E-state index is -1.28. The SMILES string of the molecule is C#CCCC(CC#C)COC(=O)O.C=C/C(=C\C=C(/C)CCOCC1CC1)OCCCNC(C)C. The Morgan fingerprint density at radius 1 is 1.20 bits per heavy atom. The number of ether oxygens (including phenoxy) is 3. The second-order valence-corrected chi connectivity index (χ2v) is 8.96. The van der Waals surface area contributed by atoms with Crippen LogP contribution >= 0.6 is 0 Å². The fourth-order valence-corrected chi connectivity index (χ4v) is 2.79. The van der Waals surface area contributed by atoms with Gasteiger partial charge in [-0.15, -0.1) is 24.7 Å². The summed E-state index contributed by atoms with van der Waals surface area (Å²) in [6.45, 7) is 13.8. The van der Waals surface area contributed by atoms with E-state index in [1.165, 1.54) is 18.4 Å². The third kappa shape index (κ3) is 22.9. The van der Waals surface area contributed by atoms with Crippen LogP contribution in [-0.4, -0.2) is 50.3 Å². The van der Waals surface area contributed by atoms with Crippen molar-refractivity contribution in [3.05, 3.63) is 36.1 Å². The average Bonchev–Trinajstić information content (AvgIpc) is 3.65. The first kappa shape index (κ1) is 32.3. The largest absolute Gasteiger partial charge is 0.505 e. The van der Waals surface area contributed by atoms with Crippen LogP contribution in [0.3, 0.4) is 0 Å². The van der Waals surface area contributed by atoms with Crippen LogP contribution in [0.25, 0.3) is 0 Å². The van der Waals surface area contributed by atoms with Crippen LogP contribution in [0.15, 0.2) is 36.1 Å². The molecule has 1 aliphatic rings. The maximum Gasteiger partial charge on any atom is 0.505 e. The molecule has 0 bridgehead atoms. The number of hydrogen-bond donors (Lipinski definition) is 2. The van der Waals surface area contributed by atoms with Gasteiger partial charge in [0.1, 0.15) is 5.76 Å². The van der Waals surface area contributed by atoms with Crippen LogP contribution in [0, 0.1) is 36.5 Å². The van der Waals surface area contributed by atoms with Crippen molar-refractivity contribution in [1.29, 1.82) is 0 Å². The fourth-order valence-electron chi connectivity index (χ4n) is 2.79. The first-order valence-electron chi connectivity index (χ1n) is 12.5. The number of rotatable bonds is 18. The van der Waals surface area contributed by atoms with Crippen molar-refractivity contribution >= 4 is 6.16 Å². The van der Waals surface area contributed by atoms with Gasteiger partial charge in [0.05, 0.1) is 19.8 Å². The average molecular weight is 488 g/mol. The lowest BCUT2D eigenvalue weighted by Gasteiger charge is -2.10. The minimum Gasteiger partial charge on any atom is -0.494 e. The molecule has 35 heavy (non-hydrogen) atoms. The predicted molar refractivity (Wildman–Crippen MR) is 143 cm³/mol. The highest BCUT2D eigenvalue weighted by molar-refractivity contribution is 5.56. The van der Waals surface area contributed by atoms with E-state index in [0.29, 0.717) is 25.3 Å². The summed E-state index contributed by atoms with van der Waals surface area (Å²) in [5.41, 5.74) is 1.31. The highest BCUT2D eigenvalue weighted by atomic mass is 16.7. The van der Waals surface area contributed by atoms with Crippen molar-refractivity contribution in [1.82, 2.24) is 5.32 Å². The lowest BCUT2D eigenvalue weighted by molar-refractivity contribution is 0.0763. The molecule has 1 saturated carbocycles. The second kappa shape index (κ2) is 21.8. The first-order valence-corrected chi connectivity index (χ1v) is 12.5. The molecule has 0 heterocycles. The molecule has 0 radical (unpaired) electrons. The van der Waals surface area contributed by atoms with Crippen molar-refractivity contribution in [2.45, 2.75) is 71.8 Å². The summed E-state index contributed by atoms with van der Waals surface area (Å²) in [6.07, 6.45) is 21.2. The molecule has 196 valence electrons. The van der Waals surface area contributed by atoms with E-state index in [0.717, 1.165) is 50.9 Å². The van der Waals surface area contributed by atoms with Gasteiger partial charge in [0, 0.05) is 31.4 Å². The van der Waals surface area contributed by atoms with Gasteiger partial charge < -0.3 is 24.6 Å². The van der Waals surface area contributed by atoms with Gasteiger partial charge in [0.15, 0.2) is 0 Å². The van der Waals surface area contributed by atoms with Gasteiger partial charge in [0.2, 0.25) is 0 Å². The van der Waals surface area contributed by atoms with Crippen LogP contribution in [0.4, 0.5) is 4.79 Å². The van der Waals surface area contributed by atoms with E-state index in [4.69, 9.17) is 27.4 Å². The summed E-state index contributed by atoms with van der Waals surface area (Å²) in [5, 5.41) is 11.6. The summed E-state index contributed by atoms with van der Waals surface area (Å²) in [7, 11) is 0. The van der Waals surface area contributed by atoms with E-state index in [9.17, 15) is 4.79 Å². The molecule has 6 nitrogen and oxygen atoms in total. The van der Waals surface area contributed by atoms with Gasteiger partial charge in [-0.05, 0) is 63.6 Å². The molecular weight excluding hydrogens is 442 g/mol. The van der Waals surface area contributed by atoms with Crippen LogP contribution in [0.2, 0.25) is 0 Å². The molecule has 1 atom stereocenters. The zero-order valence-corrected chi connectivity index (χ0v) is 21.9. The smallest absolute Gasteiger partial charge is 0.494 e. The number of carbonyl (C=O) groups is 1. The Kier molecular flexibility index (Phi) is 20.2. The molecule has 0 saturated heterocycles. The number of nitrogens with one attached hydrogen (secondary N) is 1. The van der Waals surface area contributed by atoms with E-state index in [2.05, 4.69) is 55.3 Å². The Balaban J connectivity index is 0.000000761. The van der Waals surface area contributed by atoms with E-state index >= 15 is 0 Å². The number of hydrogen-bond acceptors (Lipinski definition) is 5. The topological polar surface area (TPSA) is 77.0 Å². The van der Waals surface area contributed by atoms with Crippen molar-refractivity contribution in [3.8, 4) is 24.7 Å². The number of carboxylic acid groups (broad SMARTS) is 1. The summed E-state index contributed by atoms with van der Waals surface area (Å²) < 4.78 is 15.8. The third-order valence-corrected chi connectivity index (χ3v) is 5.11. The lowest BCUT2D eigenvalue weighted by Crippen LogP contribution is -2.24. The second-order valence-electron chi connectivity index (χ2n) is 8.96. The molecular formula is C29H45NO5. The van der Waals surface area contributed by atoms with Gasteiger partial charge in [-0.3, -0.25) is 0 Å². The number of terminal acetylenes is 2. The molecule has 1 unspecified atom stereocenters. The Hall–Kier alpha value is -2.67. The zero-order chi connectivity index (χ0) is 26.3. The summed E-state index contributed by atoms with van der Waals surface area (Å²) in [5.74, 6) is 6.65. The first-order chi connectivity index (χ1) is 16.8. The standard InChI is InChI=1S/C19H33NO2.C10H12O3/c1-5-19(22-13-6-12-20-16(2)3)10-7-17(4)11-14-21-15-18-8-9-18;1-3-5-7-9(6-4-2)8-13-10(11)12/h5,7,10,16,18,20H,1,6,8-9,11-15H2,2-4H3;1-2,9H,5-8H2,(H,11,12)/b17-7+,19-10+;. The molecule has 1 fully saturated rings. The van der Waals surface area contributed by atoms with Crippen molar-refractivity contribution in [2.24, 2.45) is 11.8 Å². The minimum absolute atomic E-state index is 0.0390. The van der Waals surface area contributed by atoms with Gasteiger partial charge in [-0.2, -0.15) is 0 Å². The van der Waals surface area contributed by atoms with Gasteiger partial charge in [-0.1, -0.05) is 32.1 Å². The highest BCUT2D eigenvalue weighted by Crippen LogP contribution is 2.28.